The van der Waals surface area contributed by atoms with E-state index in [2.05, 4.69) is 0 Å². The zero-order valence-electron chi connectivity index (χ0n) is 14.3. The largest absolute Gasteiger partial charge is 0.378 e. The van der Waals surface area contributed by atoms with Crippen molar-refractivity contribution < 1.29 is 14.3 Å². The molecule has 6 heteroatoms. The summed E-state index contributed by atoms with van der Waals surface area (Å²) in [6.45, 7) is 5.56. The molecule has 2 aliphatic rings. The van der Waals surface area contributed by atoms with Crippen molar-refractivity contribution in [2.75, 3.05) is 32.8 Å². The molecule has 1 atom stereocenters. The highest BCUT2D eigenvalue weighted by Gasteiger charge is 2.37. The van der Waals surface area contributed by atoms with Crippen molar-refractivity contribution in [1.82, 2.24) is 9.80 Å². The number of hydrogen-bond acceptors (Lipinski definition) is 4. The van der Waals surface area contributed by atoms with Crippen molar-refractivity contribution in [2.24, 2.45) is 5.73 Å². The highest BCUT2D eigenvalue weighted by Crippen LogP contribution is 2.23. The predicted molar refractivity (Wildman–Crippen MR) is 88.9 cm³/mol. The number of likely N-dealkylation sites (tertiary alicyclic amines) is 2. The lowest BCUT2D eigenvalue weighted by Gasteiger charge is -2.35. The molecule has 2 heterocycles. The van der Waals surface area contributed by atoms with Gasteiger partial charge in [0.25, 0.3) is 0 Å². The van der Waals surface area contributed by atoms with Crippen LogP contribution in [0.5, 0.6) is 0 Å². The third-order valence-corrected chi connectivity index (χ3v) is 4.78. The van der Waals surface area contributed by atoms with Crippen LogP contribution in [0.3, 0.4) is 0 Å². The predicted octanol–water partition coefficient (Wildman–Crippen LogP) is 1.13. The molecule has 0 saturated carbocycles. The van der Waals surface area contributed by atoms with E-state index in [4.69, 9.17) is 10.5 Å². The van der Waals surface area contributed by atoms with Gasteiger partial charge in [-0.05, 0) is 45.1 Å². The Labute approximate surface area is 139 Å². The maximum Gasteiger partial charge on any atom is 0.245 e. The molecule has 6 nitrogen and oxygen atoms in total. The van der Waals surface area contributed by atoms with E-state index in [0.29, 0.717) is 19.6 Å². The lowest BCUT2D eigenvalue weighted by Crippen LogP contribution is -2.50. The third-order valence-electron chi connectivity index (χ3n) is 4.78. The zero-order valence-corrected chi connectivity index (χ0v) is 14.3. The third kappa shape index (κ3) is 4.91. The van der Waals surface area contributed by atoms with Gasteiger partial charge in [0.05, 0.1) is 6.10 Å². The van der Waals surface area contributed by atoms with Gasteiger partial charge < -0.3 is 20.3 Å². The Kier molecular flexibility index (Phi) is 7.30. The molecule has 0 aromatic rings. The minimum Gasteiger partial charge on any atom is -0.378 e. The Hall–Kier alpha value is -1.14. The van der Waals surface area contributed by atoms with Crippen molar-refractivity contribution in [2.45, 2.75) is 64.0 Å². The molecule has 2 aliphatic heterocycles. The molecule has 1 unspecified atom stereocenters. The first-order valence-electron chi connectivity index (χ1n) is 9.07. The quantitative estimate of drug-likeness (QED) is 0.712. The standard InChI is InChI=1S/C17H31N3O3/c1-2-5-16(21)20-10-3-6-15(20)17(22)19-11-7-14(8-12-19)23-13-4-9-18/h14-15H,2-13,18H2,1H3. The molecule has 132 valence electrons. The number of nitrogens with zero attached hydrogens (tertiary/aromatic N) is 2. The molecule has 0 aromatic heterocycles. The summed E-state index contributed by atoms with van der Waals surface area (Å²) in [5.74, 6) is 0.260. The van der Waals surface area contributed by atoms with Gasteiger partial charge >= 0.3 is 0 Å². The minimum atomic E-state index is -0.233. The van der Waals surface area contributed by atoms with Crippen LogP contribution in [-0.4, -0.2) is 66.5 Å². The summed E-state index contributed by atoms with van der Waals surface area (Å²) < 4.78 is 5.79. The summed E-state index contributed by atoms with van der Waals surface area (Å²) in [6.07, 6.45) is 6.01. The summed E-state index contributed by atoms with van der Waals surface area (Å²) in [5, 5.41) is 0. The van der Waals surface area contributed by atoms with Crippen LogP contribution >= 0.6 is 0 Å². The van der Waals surface area contributed by atoms with Crippen molar-refractivity contribution in [3.8, 4) is 0 Å². The van der Waals surface area contributed by atoms with E-state index in [1.807, 2.05) is 11.8 Å². The van der Waals surface area contributed by atoms with E-state index < -0.39 is 0 Å². The van der Waals surface area contributed by atoms with Crippen molar-refractivity contribution in [1.29, 1.82) is 0 Å². The summed E-state index contributed by atoms with van der Waals surface area (Å²) in [6, 6.07) is -0.233. The fraction of sp³-hybridized carbons (Fsp3) is 0.882. The monoisotopic (exact) mass is 325 g/mol. The Morgan fingerprint density at radius 1 is 1.17 bits per heavy atom. The molecule has 2 amide bonds. The van der Waals surface area contributed by atoms with Crippen molar-refractivity contribution in [3.05, 3.63) is 0 Å². The number of carbonyl (C=O) groups excluding carboxylic acids is 2. The molecule has 2 fully saturated rings. The van der Waals surface area contributed by atoms with Crippen LogP contribution in [0, 0.1) is 0 Å². The molecular formula is C17H31N3O3. The highest BCUT2D eigenvalue weighted by atomic mass is 16.5. The average Bonchev–Trinajstić information content (AvgIpc) is 3.05. The molecule has 0 radical (unpaired) electrons. The lowest BCUT2D eigenvalue weighted by atomic mass is 10.1. The maximum absolute atomic E-state index is 12.8. The number of carbonyl (C=O) groups is 2. The maximum atomic E-state index is 12.8. The molecule has 23 heavy (non-hydrogen) atoms. The van der Waals surface area contributed by atoms with Crippen molar-refractivity contribution >= 4 is 11.8 Å². The first-order chi connectivity index (χ1) is 11.2. The number of rotatable bonds is 7. The van der Waals surface area contributed by atoms with Gasteiger partial charge in [0, 0.05) is 32.7 Å². The second-order valence-electron chi connectivity index (χ2n) is 6.53. The topological polar surface area (TPSA) is 75.9 Å². The lowest BCUT2D eigenvalue weighted by molar-refractivity contribution is -0.145. The molecule has 2 rings (SSSR count). The fourth-order valence-electron chi connectivity index (χ4n) is 3.47. The van der Waals surface area contributed by atoms with E-state index in [0.717, 1.165) is 58.2 Å². The van der Waals surface area contributed by atoms with Gasteiger partial charge in [0.15, 0.2) is 0 Å². The molecule has 0 spiro atoms. The van der Waals surface area contributed by atoms with E-state index in [9.17, 15) is 9.59 Å². The summed E-state index contributed by atoms with van der Waals surface area (Å²) in [4.78, 5) is 28.7. The Bertz CT molecular complexity index is 395. The zero-order chi connectivity index (χ0) is 16.7. The van der Waals surface area contributed by atoms with Crippen LogP contribution < -0.4 is 5.73 Å². The van der Waals surface area contributed by atoms with Crippen LogP contribution in [-0.2, 0) is 14.3 Å². The van der Waals surface area contributed by atoms with Crippen LogP contribution in [0.25, 0.3) is 0 Å². The molecule has 0 bridgehead atoms. The second kappa shape index (κ2) is 9.23. The van der Waals surface area contributed by atoms with Gasteiger partial charge in [-0.1, -0.05) is 6.92 Å². The first-order valence-corrected chi connectivity index (χ1v) is 9.07. The van der Waals surface area contributed by atoms with Gasteiger partial charge in [-0.2, -0.15) is 0 Å². The Morgan fingerprint density at radius 3 is 2.57 bits per heavy atom. The van der Waals surface area contributed by atoms with Gasteiger partial charge in [-0.15, -0.1) is 0 Å². The number of ether oxygens (including phenoxy) is 1. The van der Waals surface area contributed by atoms with Crippen molar-refractivity contribution in [3.63, 3.8) is 0 Å². The van der Waals surface area contributed by atoms with E-state index >= 15 is 0 Å². The summed E-state index contributed by atoms with van der Waals surface area (Å²) >= 11 is 0. The Morgan fingerprint density at radius 2 is 1.91 bits per heavy atom. The smallest absolute Gasteiger partial charge is 0.245 e. The SMILES string of the molecule is CCCC(=O)N1CCCC1C(=O)N1CCC(OCCCN)CC1. The average molecular weight is 325 g/mol. The van der Waals surface area contributed by atoms with Crippen LogP contribution in [0.1, 0.15) is 51.9 Å². The number of nitrogens with two attached hydrogens (primary N) is 1. The Balaban J connectivity index is 1.81. The van der Waals surface area contributed by atoms with Crippen LogP contribution in [0.2, 0.25) is 0 Å². The van der Waals surface area contributed by atoms with Gasteiger partial charge in [-0.25, -0.2) is 0 Å². The van der Waals surface area contributed by atoms with Gasteiger partial charge in [0.2, 0.25) is 11.8 Å². The number of piperidine rings is 1. The van der Waals surface area contributed by atoms with E-state index in [1.54, 1.807) is 4.90 Å². The molecule has 2 saturated heterocycles. The van der Waals surface area contributed by atoms with E-state index in [1.165, 1.54) is 0 Å². The molecule has 2 N–H and O–H groups in total. The minimum absolute atomic E-state index is 0.128. The molecular weight excluding hydrogens is 294 g/mol. The highest BCUT2D eigenvalue weighted by molar-refractivity contribution is 5.88. The molecule has 0 aliphatic carbocycles. The number of hydrogen-bond donors (Lipinski definition) is 1. The van der Waals surface area contributed by atoms with Crippen LogP contribution in [0.15, 0.2) is 0 Å². The fourth-order valence-corrected chi connectivity index (χ4v) is 3.47. The number of amides is 2. The van der Waals surface area contributed by atoms with Crippen LogP contribution in [0.4, 0.5) is 0 Å². The second-order valence-corrected chi connectivity index (χ2v) is 6.53. The van der Waals surface area contributed by atoms with E-state index in [-0.39, 0.29) is 24.0 Å². The first kappa shape index (κ1) is 18.2. The summed E-state index contributed by atoms with van der Waals surface area (Å²) in [5.41, 5.74) is 5.47. The normalized spacial score (nSPS) is 22.6. The summed E-state index contributed by atoms with van der Waals surface area (Å²) in [7, 11) is 0. The van der Waals surface area contributed by atoms with Gasteiger partial charge in [-0.3, -0.25) is 9.59 Å². The van der Waals surface area contributed by atoms with Gasteiger partial charge in [0.1, 0.15) is 6.04 Å². The molecule has 0 aromatic carbocycles.